The third-order valence-corrected chi connectivity index (χ3v) is 5.56. The number of aromatic amines is 1. The number of anilines is 2. The molecule has 0 bridgehead atoms. The summed E-state index contributed by atoms with van der Waals surface area (Å²) in [5.74, 6) is -0.479. The van der Waals surface area contributed by atoms with Gasteiger partial charge in [0.15, 0.2) is 0 Å². The lowest BCUT2D eigenvalue weighted by atomic mass is 10.2. The lowest BCUT2D eigenvalue weighted by Crippen LogP contribution is -2.31. The molecule has 7 nitrogen and oxygen atoms in total. The summed E-state index contributed by atoms with van der Waals surface area (Å²) < 4.78 is 40.9. The van der Waals surface area contributed by atoms with Crippen LogP contribution >= 0.6 is 11.3 Å². The van der Waals surface area contributed by atoms with Crippen molar-refractivity contribution < 1.29 is 22.7 Å². The Bertz CT molecular complexity index is 1240. The number of amides is 1. The maximum absolute atomic E-state index is 12.6. The van der Waals surface area contributed by atoms with E-state index in [0.29, 0.717) is 35.8 Å². The molecule has 4 aromatic rings. The van der Waals surface area contributed by atoms with Crippen molar-refractivity contribution in [2.75, 3.05) is 18.4 Å². The monoisotopic (exact) mass is 475 g/mol. The van der Waals surface area contributed by atoms with Crippen molar-refractivity contribution in [3.63, 3.8) is 0 Å². The highest BCUT2D eigenvalue weighted by atomic mass is 32.1. The van der Waals surface area contributed by atoms with E-state index in [2.05, 4.69) is 30.7 Å². The Labute approximate surface area is 191 Å². The molecule has 0 saturated heterocycles. The quantitative estimate of drug-likeness (QED) is 0.262. The first-order valence-electron chi connectivity index (χ1n) is 9.99. The lowest BCUT2D eigenvalue weighted by molar-refractivity contribution is -0.274. The van der Waals surface area contributed by atoms with Gasteiger partial charge in [-0.3, -0.25) is 4.79 Å². The van der Waals surface area contributed by atoms with Crippen LogP contribution in [-0.2, 0) is 6.54 Å². The van der Waals surface area contributed by atoms with E-state index in [1.807, 2.05) is 23.6 Å². The third-order valence-electron chi connectivity index (χ3n) is 4.65. The van der Waals surface area contributed by atoms with E-state index in [1.165, 1.54) is 29.5 Å². The molecule has 3 aromatic heterocycles. The molecule has 0 aliphatic carbocycles. The number of hydrogen-bond donors (Lipinski definition) is 4. The summed E-state index contributed by atoms with van der Waals surface area (Å²) >= 11 is 1.33. The Morgan fingerprint density at radius 3 is 2.85 bits per heavy atom. The molecule has 0 unspecified atom stereocenters. The average molecular weight is 475 g/mol. The Morgan fingerprint density at radius 1 is 1.12 bits per heavy atom. The van der Waals surface area contributed by atoms with Crippen molar-refractivity contribution in [3.8, 4) is 5.75 Å². The number of aromatic nitrogens is 2. The second-order valence-electron chi connectivity index (χ2n) is 7.01. The molecule has 0 spiro atoms. The highest BCUT2D eigenvalue weighted by Crippen LogP contribution is 2.29. The van der Waals surface area contributed by atoms with Gasteiger partial charge in [0.2, 0.25) is 0 Å². The molecule has 0 atom stereocenters. The van der Waals surface area contributed by atoms with Gasteiger partial charge in [0.05, 0.1) is 11.4 Å². The minimum atomic E-state index is -4.73. The van der Waals surface area contributed by atoms with Gasteiger partial charge in [0.25, 0.3) is 5.91 Å². The minimum Gasteiger partial charge on any atom is -0.406 e. The Kier molecular flexibility index (Phi) is 6.80. The molecule has 4 N–H and O–H groups in total. The summed E-state index contributed by atoms with van der Waals surface area (Å²) in [6, 6.07) is 11.3. The van der Waals surface area contributed by atoms with Crippen molar-refractivity contribution in [2.24, 2.45) is 0 Å². The van der Waals surface area contributed by atoms with Crippen LogP contribution in [0.25, 0.3) is 11.0 Å². The second kappa shape index (κ2) is 9.92. The molecule has 0 fully saturated rings. The van der Waals surface area contributed by atoms with Crippen LogP contribution in [0.4, 0.5) is 24.5 Å². The number of carbonyl (C=O) groups excluding carboxylic acids is 1. The molecule has 0 saturated carbocycles. The molecule has 0 aliphatic rings. The fourth-order valence-corrected chi connectivity index (χ4v) is 3.99. The zero-order valence-electron chi connectivity index (χ0n) is 17.2. The zero-order chi connectivity index (χ0) is 23.3. The number of rotatable bonds is 9. The van der Waals surface area contributed by atoms with E-state index >= 15 is 0 Å². The van der Waals surface area contributed by atoms with Crippen LogP contribution in [0.2, 0.25) is 0 Å². The number of ether oxygens (including phenoxy) is 1. The van der Waals surface area contributed by atoms with Crippen LogP contribution in [-0.4, -0.2) is 35.3 Å². The predicted octanol–water partition coefficient (Wildman–Crippen LogP) is 4.79. The van der Waals surface area contributed by atoms with Crippen molar-refractivity contribution >= 4 is 39.7 Å². The molecular formula is C22H20F3N5O2S. The molecule has 172 valence electrons. The molecule has 3 heterocycles. The smallest absolute Gasteiger partial charge is 0.406 e. The normalized spacial score (nSPS) is 11.5. The number of benzene rings is 1. The average Bonchev–Trinajstić information content (AvgIpc) is 3.42. The highest BCUT2D eigenvalue weighted by Gasteiger charge is 2.31. The van der Waals surface area contributed by atoms with Crippen LogP contribution in [0, 0.1) is 0 Å². The fraction of sp³-hybridized carbons (Fsp3) is 0.182. The van der Waals surface area contributed by atoms with Crippen LogP contribution in [0.5, 0.6) is 5.75 Å². The first kappa shape index (κ1) is 22.6. The first-order valence-corrected chi connectivity index (χ1v) is 10.9. The van der Waals surface area contributed by atoms with Crippen LogP contribution in [0.15, 0.2) is 60.2 Å². The van der Waals surface area contributed by atoms with Crippen molar-refractivity contribution in [1.29, 1.82) is 0 Å². The number of carbonyl (C=O) groups is 1. The second-order valence-corrected chi connectivity index (χ2v) is 7.93. The van der Waals surface area contributed by atoms with Gasteiger partial charge >= 0.3 is 6.36 Å². The molecular weight excluding hydrogens is 455 g/mol. The number of fused-ring (bicyclic) bond motifs is 1. The van der Waals surface area contributed by atoms with Crippen LogP contribution in [0.3, 0.4) is 0 Å². The molecule has 1 aromatic carbocycles. The van der Waals surface area contributed by atoms with Crippen LogP contribution < -0.4 is 20.7 Å². The van der Waals surface area contributed by atoms with E-state index in [-0.39, 0.29) is 11.7 Å². The Balaban J connectivity index is 1.26. The first-order chi connectivity index (χ1) is 15.9. The van der Waals surface area contributed by atoms with Gasteiger partial charge in [-0.2, -0.15) is 0 Å². The lowest BCUT2D eigenvalue weighted by Gasteiger charge is -2.11. The van der Waals surface area contributed by atoms with Gasteiger partial charge in [-0.25, -0.2) is 4.98 Å². The number of H-pyrrole nitrogens is 1. The summed E-state index contributed by atoms with van der Waals surface area (Å²) in [6.07, 6.45) is -1.24. The maximum Gasteiger partial charge on any atom is 0.573 e. The van der Waals surface area contributed by atoms with E-state index in [9.17, 15) is 18.0 Å². The number of thiophene rings is 1. The molecule has 0 radical (unpaired) electrons. The topological polar surface area (TPSA) is 91.1 Å². The van der Waals surface area contributed by atoms with E-state index in [4.69, 9.17) is 0 Å². The van der Waals surface area contributed by atoms with Gasteiger partial charge in [-0.05, 0) is 41.3 Å². The molecule has 4 rings (SSSR count). The molecule has 11 heteroatoms. The van der Waals surface area contributed by atoms with Crippen molar-refractivity contribution in [2.45, 2.75) is 12.9 Å². The highest BCUT2D eigenvalue weighted by molar-refractivity contribution is 7.12. The number of nitrogens with one attached hydrogen (secondary N) is 4. The van der Waals surface area contributed by atoms with Gasteiger partial charge in [0.1, 0.15) is 16.3 Å². The number of halogens is 3. The summed E-state index contributed by atoms with van der Waals surface area (Å²) in [6.45, 7) is 1.14. The fourth-order valence-electron chi connectivity index (χ4n) is 3.23. The van der Waals surface area contributed by atoms with E-state index < -0.39 is 6.36 Å². The summed E-state index contributed by atoms with van der Waals surface area (Å²) in [4.78, 5) is 20.5. The summed E-state index contributed by atoms with van der Waals surface area (Å²) in [5.41, 5.74) is 2.93. The SMILES string of the molecule is O=C(NCCNCc1cccc(OC(F)(F)F)c1)c1sccc1Nc1ccnc2[nH]ccc12. The van der Waals surface area contributed by atoms with E-state index in [0.717, 1.165) is 16.7 Å². The van der Waals surface area contributed by atoms with Gasteiger partial charge in [0, 0.05) is 37.4 Å². The Morgan fingerprint density at radius 2 is 2.00 bits per heavy atom. The zero-order valence-corrected chi connectivity index (χ0v) is 18.0. The Hall–Kier alpha value is -3.57. The van der Waals surface area contributed by atoms with Crippen molar-refractivity contribution in [3.05, 3.63) is 70.7 Å². The van der Waals surface area contributed by atoms with E-state index in [1.54, 1.807) is 18.5 Å². The molecule has 1 amide bonds. The molecule has 0 aliphatic heterocycles. The summed E-state index contributed by atoms with van der Waals surface area (Å²) in [7, 11) is 0. The molecule has 33 heavy (non-hydrogen) atoms. The standard InChI is InChI=1S/C22H20F3N5O2S/c23-22(24,25)32-15-3-1-2-14(12-15)13-26-9-10-29-21(31)19-18(6-11-33-19)30-17-5-8-28-20-16(17)4-7-27-20/h1-8,11-12,26H,9-10,13H2,(H,29,31)(H2,27,28,30). The number of alkyl halides is 3. The predicted molar refractivity (Wildman–Crippen MR) is 121 cm³/mol. The largest absolute Gasteiger partial charge is 0.573 e. The van der Waals surface area contributed by atoms with Crippen LogP contribution in [0.1, 0.15) is 15.2 Å². The van der Waals surface area contributed by atoms with Gasteiger partial charge in [-0.15, -0.1) is 24.5 Å². The van der Waals surface area contributed by atoms with Gasteiger partial charge in [-0.1, -0.05) is 12.1 Å². The van der Waals surface area contributed by atoms with Gasteiger partial charge < -0.3 is 25.7 Å². The third kappa shape index (κ3) is 6.02. The number of nitrogens with zero attached hydrogens (tertiary/aromatic N) is 1. The van der Waals surface area contributed by atoms with Crippen molar-refractivity contribution in [1.82, 2.24) is 20.6 Å². The number of pyridine rings is 1. The summed E-state index contributed by atoms with van der Waals surface area (Å²) in [5, 5.41) is 12.0. The maximum atomic E-state index is 12.6. The number of hydrogen-bond acceptors (Lipinski definition) is 6. The minimum absolute atomic E-state index is 0.214.